The molecule has 1 aromatic carbocycles. The summed E-state index contributed by atoms with van der Waals surface area (Å²) in [5.74, 6) is -0.754. The molecule has 0 bridgehead atoms. The van der Waals surface area contributed by atoms with Crippen molar-refractivity contribution in [3.8, 4) is 11.1 Å². The molecule has 5 nitrogen and oxygen atoms in total. The maximum absolute atomic E-state index is 12.5. The molecule has 0 unspecified atom stereocenters. The summed E-state index contributed by atoms with van der Waals surface area (Å²) in [6.07, 6.45) is 10.5. The Morgan fingerprint density at radius 1 is 1.07 bits per heavy atom. The molecule has 162 valence electrons. The van der Waals surface area contributed by atoms with Gasteiger partial charge in [-0.3, -0.25) is 4.79 Å². The van der Waals surface area contributed by atoms with Crippen LogP contribution in [0, 0.1) is 6.92 Å². The predicted octanol–water partition coefficient (Wildman–Crippen LogP) is 5.59. The molecule has 1 heterocycles. The summed E-state index contributed by atoms with van der Waals surface area (Å²) >= 11 is 0. The summed E-state index contributed by atoms with van der Waals surface area (Å²) in [7, 11) is 1.37. The number of methoxy groups -OCH3 is 1. The number of amides is 1. The van der Waals surface area contributed by atoms with Gasteiger partial charge in [0.1, 0.15) is 0 Å². The molecule has 30 heavy (non-hydrogen) atoms. The van der Waals surface area contributed by atoms with Crippen LogP contribution in [0.1, 0.15) is 96.4 Å². The molecule has 0 aliphatic heterocycles. The molecule has 2 aromatic rings. The summed E-state index contributed by atoms with van der Waals surface area (Å²) in [5, 5.41) is 0. The highest BCUT2D eigenvalue weighted by Crippen LogP contribution is 2.39. The molecule has 1 aromatic heterocycles. The van der Waals surface area contributed by atoms with Gasteiger partial charge in [-0.2, -0.15) is 0 Å². The minimum absolute atomic E-state index is 0.367. The summed E-state index contributed by atoms with van der Waals surface area (Å²) in [6, 6.07) is 7.71. The van der Waals surface area contributed by atoms with Crippen molar-refractivity contribution in [2.75, 3.05) is 7.11 Å². The molecule has 3 rings (SSSR count). The van der Waals surface area contributed by atoms with E-state index in [9.17, 15) is 9.59 Å². The molecule has 1 fully saturated rings. The van der Waals surface area contributed by atoms with Gasteiger partial charge in [0.15, 0.2) is 0 Å². The van der Waals surface area contributed by atoms with Crippen LogP contribution in [0.2, 0.25) is 0 Å². The predicted molar refractivity (Wildman–Crippen MR) is 120 cm³/mol. The van der Waals surface area contributed by atoms with E-state index in [1.807, 2.05) is 19.1 Å². The normalized spacial score (nSPS) is 15.4. The monoisotopic (exact) mass is 410 g/mol. The highest BCUT2D eigenvalue weighted by atomic mass is 16.5. The van der Waals surface area contributed by atoms with Gasteiger partial charge in [-0.15, -0.1) is 0 Å². The van der Waals surface area contributed by atoms with E-state index in [1.54, 1.807) is 12.1 Å². The van der Waals surface area contributed by atoms with Crippen LogP contribution in [0.15, 0.2) is 24.3 Å². The first-order chi connectivity index (χ1) is 14.5. The number of primary amides is 1. The first-order valence-electron chi connectivity index (χ1n) is 11.2. The number of nitrogens with two attached hydrogens (primary N) is 1. The first kappa shape index (κ1) is 22.1. The number of nitrogens with zero attached hydrogens (tertiary/aromatic N) is 1. The Morgan fingerprint density at radius 3 is 2.20 bits per heavy atom. The van der Waals surface area contributed by atoms with Crippen molar-refractivity contribution in [1.29, 1.82) is 0 Å². The number of esters is 1. The Labute approximate surface area is 179 Å². The Bertz CT molecular complexity index is 888. The van der Waals surface area contributed by atoms with Crippen LogP contribution < -0.4 is 5.73 Å². The molecule has 0 atom stereocenters. The summed E-state index contributed by atoms with van der Waals surface area (Å²) in [5.41, 5.74) is 11.0. The molecule has 0 radical (unpaired) electrons. The van der Waals surface area contributed by atoms with Crippen LogP contribution in [0.3, 0.4) is 0 Å². The zero-order valence-electron chi connectivity index (χ0n) is 18.5. The number of benzene rings is 1. The quantitative estimate of drug-likeness (QED) is 0.631. The third-order valence-corrected chi connectivity index (χ3v) is 6.32. The third kappa shape index (κ3) is 4.45. The number of aromatic nitrogens is 1. The van der Waals surface area contributed by atoms with Gasteiger partial charge in [0.05, 0.1) is 18.2 Å². The van der Waals surface area contributed by atoms with Crippen LogP contribution in [-0.2, 0) is 11.2 Å². The standard InChI is InChI=1S/C25H34N2O3/c1-4-10-21-23(18-13-15-19(16-14-18)25(29)30-3)22(24(26)28)17(2)27(21)20-11-8-6-5-7-9-12-20/h13-16,20H,4-12H2,1-3H3,(H2,26,28). The minimum atomic E-state index is -0.388. The topological polar surface area (TPSA) is 74.3 Å². The molecule has 1 aliphatic rings. The molecular formula is C25H34N2O3. The zero-order valence-corrected chi connectivity index (χ0v) is 18.5. The van der Waals surface area contributed by atoms with E-state index in [-0.39, 0.29) is 11.9 Å². The number of carbonyl (C=O) groups excluding carboxylic acids is 2. The molecule has 0 saturated heterocycles. The number of hydrogen-bond acceptors (Lipinski definition) is 3. The average Bonchev–Trinajstić information content (AvgIpc) is 3.00. The van der Waals surface area contributed by atoms with Crippen molar-refractivity contribution < 1.29 is 14.3 Å². The zero-order chi connectivity index (χ0) is 21.7. The van der Waals surface area contributed by atoms with Gasteiger partial charge in [-0.1, -0.05) is 57.6 Å². The SMILES string of the molecule is CCCc1c(-c2ccc(C(=O)OC)cc2)c(C(N)=O)c(C)n1C1CCCCCCC1. The highest BCUT2D eigenvalue weighted by Gasteiger charge is 2.28. The average molecular weight is 411 g/mol. The van der Waals surface area contributed by atoms with Crippen LogP contribution in [-0.4, -0.2) is 23.6 Å². The van der Waals surface area contributed by atoms with Gasteiger partial charge in [0.2, 0.25) is 0 Å². The van der Waals surface area contributed by atoms with E-state index in [0.29, 0.717) is 17.2 Å². The number of ether oxygens (including phenoxy) is 1. The number of hydrogen-bond donors (Lipinski definition) is 1. The van der Waals surface area contributed by atoms with E-state index in [4.69, 9.17) is 10.5 Å². The highest BCUT2D eigenvalue weighted by molar-refractivity contribution is 6.02. The van der Waals surface area contributed by atoms with Crippen LogP contribution >= 0.6 is 0 Å². The van der Waals surface area contributed by atoms with Crippen molar-refractivity contribution in [3.05, 3.63) is 46.8 Å². The molecule has 1 amide bonds. The fourth-order valence-corrected chi connectivity index (χ4v) is 4.94. The lowest BCUT2D eigenvalue weighted by Gasteiger charge is -2.26. The van der Waals surface area contributed by atoms with Crippen LogP contribution in [0.4, 0.5) is 0 Å². The molecule has 2 N–H and O–H groups in total. The second kappa shape index (κ2) is 9.96. The summed E-state index contributed by atoms with van der Waals surface area (Å²) in [4.78, 5) is 24.4. The lowest BCUT2D eigenvalue weighted by atomic mass is 9.95. The van der Waals surface area contributed by atoms with Crippen molar-refractivity contribution in [2.24, 2.45) is 5.73 Å². The van der Waals surface area contributed by atoms with Gasteiger partial charge in [0, 0.05) is 23.0 Å². The minimum Gasteiger partial charge on any atom is -0.465 e. The van der Waals surface area contributed by atoms with Crippen LogP contribution in [0.5, 0.6) is 0 Å². The van der Waals surface area contributed by atoms with Crippen molar-refractivity contribution >= 4 is 11.9 Å². The number of rotatable bonds is 6. The van der Waals surface area contributed by atoms with E-state index in [0.717, 1.165) is 42.5 Å². The lowest BCUT2D eigenvalue weighted by molar-refractivity contribution is 0.0600. The van der Waals surface area contributed by atoms with Gasteiger partial charge in [-0.05, 0) is 43.9 Å². The lowest BCUT2D eigenvalue weighted by Crippen LogP contribution is -2.17. The van der Waals surface area contributed by atoms with Gasteiger partial charge in [0.25, 0.3) is 5.91 Å². The molecule has 0 spiro atoms. The van der Waals surface area contributed by atoms with Gasteiger partial charge in [-0.25, -0.2) is 4.79 Å². The summed E-state index contributed by atoms with van der Waals surface area (Å²) < 4.78 is 7.23. The fraction of sp³-hybridized carbons (Fsp3) is 0.520. The molecule has 1 saturated carbocycles. The van der Waals surface area contributed by atoms with E-state index < -0.39 is 0 Å². The Hall–Kier alpha value is -2.56. The Balaban J connectivity index is 2.15. The van der Waals surface area contributed by atoms with Gasteiger partial charge >= 0.3 is 5.97 Å². The van der Waals surface area contributed by atoms with Crippen molar-refractivity contribution in [2.45, 2.75) is 77.7 Å². The second-order valence-electron chi connectivity index (χ2n) is 8.33. The van der Waals surface area contributed by atoms with Gasteiger partial charge < -0.3 is 15.0 Å². The maximum Gasteiger partial charge on any atom is 0.337 e. The smallest absolute Gasteiger partial charge is 0.337 e. The maximum atomic E-state index is 12.5. The van der Waals surface area contributed by atoms with E-state index >= 15 is 0 Å². The third-order valence-electron chi connectivity index (χ3n) is 6.32. The van der Waals surface area contributed by atoms with Crippen molar-refractivity contribution in [3.63, 3.8) is 0 Å². The summed E-state index contributed by atoms with van der Waals surface area (Å²) in [6.45, 7) is 4.20. The van der Waals surface area contributed by atoms with E-state index in [2.05, 4.69) is 11.5 Å². The first-order valence-corrected chi connectivity index (χ1v) is 11.2. The molecular weight excluding hydrogens is 376 g/mol. The largest absolute Gasteiger partial charge is 0.465 e. The van der Waals surface area contributed by atoms with Crippen molar-refractivity contribution in [1.82, 2.24) is 4.57 Å². The molecule has 5 heteroatoms. The molecule has 1 aliphatic carbocycles. The number of carbonyl (C=O) groups is 2. The second-order valence-corrected chi connectivity index (χ2v) is 8.33. The Kier molecular flexibility index (Phi) is 7.35. The Morgan fingerprint density at radius 2 is 1.67 bits per heavy atom. The van der Waals surface area contributed by atoms with E-state index in [1.165, 1.54) is 44.9 Å². The van der Waals surface area contributed by atoms with Crippen LogP contribution in [0.25, 0.3) is 11.1 Å². The fourth-order valence-electron chi connectivity index (χ4n) is 4.94.